The van der Waals surface area contributed by atoms with Crippen LogP contribution in [0.2, 0.25) is 0 Å². The van der Waals surface area contributed by atoms with Crippen LogP contribution in [0.15, 0.2) is 52.8 Å². The van der Waals surface area contributed by atoms with E-state index in [1.807, 2.05) is 13.8 Å². The molecule has 1 saturated carbocycles. The van der Waals surface area contributed by atoms with Crippen LogP contribution in [0.4, 0.5) is 0 Å². The fourth-order valence-electron chi connectivity index (χ4n) is 4.45. The van der Waals surface area contributed by atoms with E-state index >= 15 is 0 Å². The fraction of sp³-hybridized carbons (Fsp3) is 0.545. The maximum atomic E-state index is 11.1. The van der Waals surface area contributed by atoms with Gasteiger partial charge in [-0.2, -0.15) is 0 Å². The normalized spacial score (nSPS) is 28.6. The Morgan fingerprint density at radius 3 is 2.28 bits per heavy atom. The fourth-order valence-corrected chi connectivity index (χ4v) is 8.30. The van der Waals surface area contributed by atoms with E-state index in [2.05, 4.69) is 65.6 Å². The summed E-state index contributed by atoms with van der Waals surface area (Å²) in [5, 5.41) is 16.1. The minimum absolute atomic E-state index is 0.0635. The van der Waals surface area contributed by atoms with Crippen LogP contribution in [0.1, 0.15) is 56.8 Å². The Balaban J connectivity index is 2.04. The highest BCUT2D eigenvalue weighted by Gasteiger charge is 2.44. The zero-order chi connectivity index (χ0) is 18.1. The lowest BCUT2D eigenvalue weighted by Crippen LogP contribution is -2.36. The van der Waals surface area contributed by atoms with Gasteiger partial charge < -0.3 is 5.11 Å². The monoisotopic (exact) mass is 359 g/mol. The highest BCUT2D eigenvalue weighted by Crippen LogP contribution is 2.70. The van der Waals surface area contributed by atoms with Gasteiger partial charge in [0.25, 0.3) is 0 Å². The van der Waals surface area contributed by atoms with E-state index in [4.69, 9.17) is 0 Å². The van der Waals surface area contributed by atoms with Crippen LogP contribution in [0, 0.1) is 5.92 Å². The van der Waals surface area contributed by atoms with Crippen molar-refractivity contribution in [2.24, 2.45) is 5.92 Å². The standard InChI is InChI=1S/C22H33NOS/c1-22(2,24)21(19-13-9-6-10-14-19)25(23(3)4)16-15-20(17-25)18-11-7-5-8-12-18/h6,9-10,13-18,21,24H,5,7-8,11-12H2,1-4H3. The molecule has 0 radical (unpaired) electrons. The molecule has 25 heavy (non-hydrogen) atoms. The molecule has 0 amide bonds. The third kappa shape index (κ3) is 3.74. The van der Waals surface area contributed by atoms with Gasteiger partial charge in [-0.3, -0.25) is 4.31 Å². The lowest BCUT2D eigenvalue weighted by atomic mass is 9.84. The molecule has 1 aromatic carbocycles. The molecule has 3 rings (SSSR count). The number of allylic oxidation sites excluding steroid dienone is 2. The molecule has 1 aliphatic heterocycles. The number of hydrogen-bond acceptors (Lipinski definition) is 2. The summed E-state index contributed by atoms with van der Waals surface area (Å²) in [5.74, 6) is 0.706. The van der Waals surface area contributed by atoms with Crippen molar-refractivity contribution >= 4 is 10.2 Å². The first-order valence-corrected chi connectivity index (χ1v) is 11.3. The Morgan fingerprint density at radius 1 is 1.08 bits per heavy atom. The molecule has 1 fully saturated rings. The zero-order valence-electron chi connectivity index (χ0n) is 16.1. The molecule has 3 heteroatoms. The highest BCUT2D eigenvalue weighted by molar-refractivity contribution is 8.36. The van der Waals surface area contributed by atoms with Crippen molar-refractivity contribution in [2.75, 3.05) is 14.1 Å². The summed E-state index contributed by atoms with van der Waals surface area (Å²) >= 11 is 0. The summed E-state index contributed by atoms with van der Waals surface area (Å²) in [6.45, 7) is 3.92. The summed E-state index contributed by atoms with van der Waals surface area (Å²) in [6.07, 6.45) is 9.10. The molecular weight excluding hydrogens is 326 g/mol. The van der Waals surface area contributed by atoms with E-state index in [0.29, 0.717) is 5.92 Å². The van der Waals surface area contributed by atoms with Gasteiger partial charge in [0.05, 0.1) is 10.9 Å². The van der Waals surface area contributed by atoms with E-state index in [1.54, 1.807) is 0 Å². The minimum Gasteiger partial charge on any atom is -0.389 e. The van der Waals surface area contributed by atoms with Crippen molar-refractivity contribution in [2.45, 2.75) is 56.8 Å². The molecule has 2 unspecified atom stereocenters. The van der Waals surface area contributed by atoms with Gasteiger partial charge in [0.2, 0.25) is 0 Å². The van der Waals surface area contributed by atoms with Crippen molar-refractivity contribution in [1.29, 1.82) is 0 Å². The summed E-state index contributed by atoms with van der Waals surface area (Å²) in [5.41, 5.74) is 1.95. The predicted molar refractivity (Wildman–Crippen MR) is 111 cm³/mol. The van der Waals surface area contributed by atoms with Crippen molar-refractivity contribution in [1.82, 2.24) is 4.31 Å². The summed E-state index contributed by atoms with van der Waals surface area (Å²) in [7, 11) is 2.95. The Hall–Kier alpha value is -1.03. The Bertz CT molecular complexity index is 638. The molecule has 2 nitrogen and oxygen atoms in total. The van der Waals surface area contributed by atoms with E-state index in [1.165, 1.54) is 43.2 Å². The molecule has 2 aliphatic rings. The predicted octanol–water partition coefficient (Wildman–Crippen LogP) is 5.77. The minimum atomic E-state index is -1.39. The van der Waals surface area contributed by atoms with Crippen molar-refractivity contribution in [3.05, 3.63) is 58.4 Å². The Morgan fingerprint density at radius 2 is 1.72 bits per heavy atom. The third-order valence-corrected chi connectivity index (χ3v) is 9.72. The molecule has 1 aliphatic carbocycles. The SMILES string of the molecule is CN(C)S1(C(c2ccccc2)C(C)(C)O)C=CC(C2CCCCC2)=C1. The third-order valence-electron chi connectivity index (χ3n) is 5.63. The molecule has 2 atom stereocenters. The van der Waals surface area contributed by atoms with Crippen molar-refractivity contribution in [3.63, 3.8) is 0 Å². The van der Waals surface area contributed by atoms with Gasteiger partial charge >= 0.3 is 0 Å². The topological polar surface area (TPSA) is 23.5 Å². The van der Waals surface area contributed by atoms with Crippen molar-refractivity contribution in [3.8, 4) is 0 Å². The first kappa shape index (κ1) is 18.8. The number of hydrogen-bond donors (Lipinski definition) is 1. The molecule has 0 aromatic heterocycles. The van der Waals surface area contributed by atoms with Crippen LogP contribution in [0.25, 0.3) is 0 Å². The maximum absolute atomic E-state index is 11.1. The molecule has 0 bridgehead atoms. The smallest absolute Gasteiger partial charge is 0.0753 e. The molecule has 0 saturated heterocycles. The quantitative estimate of drug-likeness (QED) is 0.721. The molecule has 138 valence electrons. The van der Waals surface area contributed by atoms with Gasteiger partial charge in [-0.15, -0.1) is 10.2 Å². The number of benzene rings is 1. The van der Waals surface area contributed by atoms with Gasteiger partial charge in [-0.25, -0.2) is 0 Å². The van der Waals surface area contributed by atoms with Crippen LogP contribution < -0.4 is 0 Å². The summed E-state index contributed by atoms with van der Waals surface area (Å²) < 4.78 is 2.36. The summed E-state index contributed by atoms with van der Waals surface area (Å²) in [4.78, 5) is 0. The van der Waals surface area contributed by atoms with Crippen LogP contribution in [0.3, 0.4) is 0 Å². The number of aliphatic hydroxyl groups is 1. The second-order valence-corrected chi connectivity index (χ2v) is 11.4. The van der Waals surface area contributed by atoms with Gasteiger partial charge in [-0.1, -0.05) is 55.7 Å². The van der Waals surface area contributed by atoms with Gasteiger partial charge in [-0.05, 0) is 68.7 Å². The van der Waals surface area contributed by atoms with Crippen molar-refractivity contribution < 1.29 is 5.11 Å². The Labute approximate surface area is 155 Å². The van der Waals surface area contributed by atoms with E-state index in [-0.39, 0.29) is 5.25 Å². The lowest BCUT2D eigenvalue weighted by Gasteiger charge is -2.50. The van der Waals surface area contributed by atoms with Gasteiger partial charge in [0.15, 0.2) is 0 Å². The Kier molecular flexibility index (Phi) is 5.48. The second kappa shape index (κ2) is 7.30. The number of nitrogens with zero attached hydrogens (tertiary/aromatic N) is 1. The van der Waals surface area contributed by atoms with Gasteiger partial charge in [0, 0.05) is 0 Å². The molecule has 0 spiro atoms. The van der Waals surface area contributed by atoms with E-state index in [9.17, 15) is 5.11 Å². The van der Waals surface area contributed by atoms with Crippen LogP contribution in [0.5, 0.6) is 0 Å². The van der Waals surface area contributed by atoms with Crippen LogP contribution >= 0.6 is 10.2 Å². The van der Waals surface area contributed by atoms with Crippen LogP contribution in [-0.2, 0) is 0 Å². The maximum Gasteiger partial charge on any atom is 0.0753 e. The molecule has 1 N–H and O–H groups in total. The largest absolute Gasteiger partial charge is 0.389 e. The van der Waals surface area contributed by atoms with E-state index < -0.39 is 15.8 Å². The van der Waals surface area contributed by atoms with Crippen LogP contribution in [-0.4, -0.2) is 29.1 Å². The number of rotatable bonds is 5. The second-order valence-electron chi connectivity index (χ2n) is 8.24. The first-order chi connectivity index (χ1) is 11.8. The average molecular weight is 360 g/mol. The first-order valence-electron chi connectivity index (χ1n) is 9.51. The highest BCUT2D eigenvalue weighted by atomic mass is 32.3. The molecule has 1 aromatic rings. The zero-order valence-corrected chi connectivity index (χ0v) is 16.9. The van der Waals surface area contributed by atoms with Gasteiger partial charge in [0.1, 0.15) is 0 Å². The van der Waals surface area contributed by atoms with E-state index in [0.717, 1.165) is 0 Å². The molecule has 1 heterocycles. The summed E-state index contributed by atoms with van der Waals surface area (Å²) in [6, 6.07) is 10.6. The lowest BCUT2D eigenvalue weighted by molar-refractivity contribution is 0.0757. The average Bonchev–Trinajstić information content (AvgIpc) is 3.02. The molecular formula is C22H33NOS.